The first-order chi connectivity index (χ1) is 13.8. The molecule has 4 heterocycles. The highest BCUT2D eigenvalue weighted by molar-refractivity contribution is 7.15. The summed E-state index contributed by atoms with van der Waals surface area (Å²) in [6.07, 6.45) is 2.15. The molecule has 0 atom stereocenters. The quantitative estimate of drug-likeness (QED) is 0.496. The van der Waals surface area contributed by atoms with Crippen molar-refractivity contribution in [3.63, 3.8) is 0 Å². The van der Waals surface area contributed by atoms with Crippen LogP contribution >= 0.6 is 22.7 Å². The van der Waals surface area contributed by atoms with Gasteiger partial charge >= 0.3 is 0 Å². The predicted molar refractivity (Wildman–Crippen MR) is 116 cm³/mol. The van der Waals surface area contributed by atoms with Gasteiger partial charge in [-0.05, 0) is 6.92 Å². The Hall–Kier alpha value is -2.06. The maximum Gasteiger partial charge on any atom is 0.194 e. The Morgan fingerprint density at radius 2 is 1.68 bits per heavy atom. The second-order valence-corrected chi connectivity index (χ2v) is 9.17. The van der Waals surface area contributed by atoms with Crippen LogP contribution in [-0.2, 0) is 13.1 Å². The number of hydrogen-bond acceptors (Lipinski definition) is 6. The molecule has 0 saturated carbocycles. The van der Waals surface area contributed by atoms with E-state index in [1.807, 2.05) is 0 Å². The topological polar surface area (TPSA) is 36.7 Å². The smallest absolute Gasteiger partial charge is 0.194 e. The molecule has 4 aromatic rings. The highest BCUT2D eigenvalue weighted by Gasteiger charge is 2.22. The molecule has 1 aliphatic rings. The number of aromatic nitrogens is 3. The summed E-state index contributed by atoms with van der Waals surface area (Å²) in [6.45, 7) is 8.31. The van der Waals surface area contributed by atoms with Gasteiger partial charge in [0.25, 0.3) is 0 Å². The third-order valence-corrected chi connectivity index (χ3v) is 6.88. The van der Waals surface area contributed by atoms with E-state index in [2.05, 4.69) is 73.4 Å². The lowest BCUT2D eigenvalue weighted by Gasteiger charge is -2.34. The summed E-state index contributed by atoms with van der Waals surface area (Å²) in [5, 5.41) is 5.46. The van der Waals surface area contributed by atoms with Crippen LogP contribution in [0.4, 0.5) is 0 Å². The molecule has 5 nitrogen and oxygen atoms in total. The number of imidazole rings is 1. The normalized spacial score (nSPS) is 16.2. The maximum atomic E-state index is 4.92. The molecule has 3 aromatic heterocycles. The lowest BCUT2D eigenvalue weighted by atomic mass is 10.1. The van der Waals surface area contributed by atoms with Gasteiger partial charge in [-0.3, -0.25) is 14.2 Å². The van der Waals surface area contributed by atoms with Crippen molar-refractivity contribution < 1.29 is 0 Å². The summed E-state index contributed by atoms with van der Waals surface area (Å²) in [5.41, 5.74) is 4.82. The van der Waals surface area contributed by atoms with E-state index in [0.29, 0.717) is 0 Å². The van der Waals surface area contributed by atoms with Gasteiger partial charge in [-0.25, -0.2) is 9.97 Å². The zero-order valence-corrected chi connectivity index (χ0v) is 17.5. The van der Waals surface area contributed by atoms with Crippen molar-refractivity contribution in [1.29, 1.82) is 0 Å². The molecule has 0 N–H and O–H groups in total. The molecule has 0 aliphatic carbocycles. The lowest BCUT2D eigenvalue weighted by Crippen LogP contribution is -2.45. The molecule has 28 heavy (non-hydrogen) atoms. The Bertz CT molecular complexity index is 1060. The van der Waals surface area contributed by atoms with Crippen LogP contribution < -0.4 is 0 Å². The van der Waals surface area contributed by atoms with Gasteiger partial charge in [0, 0.05) is 61.8 Å². The van der Waals surface area contributed by atoms with Gasteiger partial charge in [0.05, 0.1) is 22.1 Å². The van der Waals surface area contributed by atoms with Crippen LogP contribution in [0.2, 0.25) is 0 Å². The van der Waals surface area contributed by atoms with Gasteiger partial charge in [-0.15, -0.1) is 22.7 Å². The van der Waals surface area contributed by atoms with Crippen molar-refractivity contribution in [2.75, 3.05) is 26.2 Å². The largest absolute Gasteiger partial charge is 0.295 e. The molecule has 1 fully saturated rings. The minimum atomic E-state index is 0.936. The van der Waals surface area contributed by atoms with Crippen molar-refractivity contribution >= 4 is 27.6 Å². The average molecular weight is 410 g/mol. The number of benzene rings is 1. The van der Waals surface area contributed by atoms with Crippen LogP contribution in [0.3, 0.4) is 0 Å². The summed E-state index contributed by atoms with van der Waals surface area (Å²) >= 11 is 3.44. The average Bonchev–Trinajstić information content (AvgIpc) is 3.42. The number of piperazine rings is 1. The number of rotatable bonds is 5. The summed E-state index contributed by atoms with van der Waals surface area (Å²) in [6, 6.07) is 10.6. The molecule has 7 heteroatoms. The van der Waals surface area contributed by atoms with Crippen molar-refractivity contribution in [1.82, 2.24) is 24.2 Å². The molecule has 1 aliphatic heterocycles. The molecule has 0 unspecified atom stereocenters. The van der Waals surface area contributed by atoms with Gasteiger partial charge < -0.3 is 0 Å². The minimum Gasteiger partial charge on any atom is -0.295 e. The van der Waals surface area contributed by atoms with Crippen LogP contribution in [0.15, 0.2) is 47.3 Å². The van der Waals surface area contributed by atoms with Crippen molar-refractivity contribution in [2.45, 2.75) is 20.0 Å². The molecule has 0 spiro atoms. The molecule has 5 rings (SSSR count). The summed E-state index contributed by atoms with van der Waals surface area (Å²) in [4.78, 5) is 15.7. The SMILES string of the molecule is Cc1nc(CN2CCN(Cc3c(-c4ccccc4)nc4sccn34)CC2)cs1. The Morgan fingerprint density at radius 3 is 2.39 bits per heavy atom. The highest BCUT2D eigenvalue weighted by atomic mass is 32.1. The number of nitrogens with zero attached hydrogens (tertiary/aromatic N) is 5. The molecule has 0 radical (unpaired) electrons. The second kappa shape index (κ2) is 7.75. The molecule has 1 aromatic carbocycles. The molecule has 0 amide bonds. The van der Waals surface area contributed by atoms with Crippen LogP contribution in [0.5, 0.6) is 0 Å². The van der Waals surface area contributed by atoms with Crippen LogP contribution in [0.1, 0.15) is 16.4 Å². The Morgan fingerprint density at radius 1 is 0.929 bits per heavy atom. The first kappa shape index (κ1) is 18.0. The van der Waals surface area contributed by atoms with E-state index in [9.17, 15) is 0 Å². The fraction of sp³-hybridized carbons (Fsp3) is 0.333. The van der Waals surface area contributed by atoms with E-state index in [4.69, 9.17) is 4.98 Å². The number of aryl methyl sites for hydroxylation is 1. The van der Waals surface area contributed by atoms with Crippen molar-refractivity contribution in [3.05, 3.63) is 63.7 Å². The van der Waals surface area contributed by atoms with Crippen molar-refractivity contribution in [3.8, 4) is 11.3 Å². The van der Waals surface area contributed by atoms with Crippen LogP contribution in [-0.4, -0.2) is 50.3 Å². The second-order valence-electron chi connectivity index (χ2n) is 7.24. The zero-order chi connectivity index (χ0) is 18.9. The fourth-order valence-corrected chi connectivity index (χ4v) is 5.17. The highest BCUT2D eigenvalue weighted by Crippen LogP contribution is 2.28. The summed E-state index contributed by atoms with van der Waals surface area (Å²) in [5.74, 6) is 0. The van der Waals surface area contributed by atoms with Gasteiger partial charge in [0.1, 0.15) is 0 Å². The Labute approximate surface area is 172 Å². The minimum absolute atomic E-state index is 0.936. The number of hydrogen-bond donors (Lipinski definition) is 0. The monoisotopic (exact) mass is 409 g/mol. The number of fused-ring (bicyclic) bond motifs is 1. The summed E-state index contributed by atoms with van der Waals surface area (Å²) < 4.78 is 2.26. The first-order valence-corrected chi connectivity index (χ1v) is 11.4. The first-order valence-electron chi connectivity index (χ1n) is 9.62. The van der Waals surface area contributed by atoms with Gasteiger partial charge in [-0.1, -0.05) is 30.3 Å². The molecule has 0 bridgehead atoms. The molecule has 144 valence electrons. The summed E-state index contributed by atoms with van der Waals surface area (Å²) in [7, 11) is 0. The van der Waals surface area contributed by atoms with Crippen molar-refractivity contribution in [2.24, 2.45) is 0 Å². The van der Waals surface area contributed by atoms with Gasteiger partial charge in [-0.2, -0.15) is 0 Å². The Balaban J connectivity index is 1.30. The third kappa shape index (κ3) is 3.63. The van der Waals surface area contributed by atoms with Gasteiger partial charge in [0.15, 0.2) is 4.96 Å². The van der Waals surface area contributed by atoms with Crippen LogP contribution in [0, 0.1) is 6.92 Å². The third-order valence-electron chi connectivity index (χ3n) is 5.30. The lowest BCUT2D eigenvalue weighted by molar-refractivity contribution is 0.120. The Kier molecular flexibility index (Phi) is 4.98. The van der Waals surface area contributed by atoms with E-state index >= 15 is 0 Å². The maximum absolute atomic E-state index is 4.92. The molecular weight excluding hydrogens is 386 g/mol. The van der Waals surface area contributed by atoms with E-state index in [0.717, 1.165) is 54.9 Å². The fourth-order valence-electron chi connectivity index (χ4n) is 3.84. The van der Waals surface area contributed by atoms with Gasteiger partial charge in [0.2, 0.25) is 0 Å². The van der Waals surface area contributed by atoms with E-state index in [1.54, 1.807) is 22.7 Å². The zero-order valence-electron chi connectivity index (χ0n) is 15.9. The standard InChI is InChI=1S/C21H23N5S2/c1-16-22-18(15-28-16)13-24-7-9-25(10-8-24)14-19-20(17-5-3-2-4-6-17)23-21-26(19)11-12-27-21/h2-6,11-12,15H,7-10,13-14H2,1H3. The molecule has 1 saturated heterocycles. The predicted octanol–water partition coefficient (Wildman–Crippen LogP) is 4.15. The van der Waals surface area contributed by atoms with E-state index in [1.165, 1.54) is 17.0 Å². The molecular formula is C21H23N5S2. The number of thiazole rings is 2. The van der Waals surface area contributed by atoms with E-state index < -0.39 is 0 Å². The van der Waals surface area contributed by atoms with E-state index in [-0.39, 0.29) is 0 Å². The van der Waals surface area contributed by atoms with Crippen LogP contribution in [0.25, 0.3) is 16.2 Å².